The van der Waals surface area contributed by atoms with E-state index >= 15 is 0 Å². The average Bonchev–Trinajstić information content (AvgIpc) is 2.89. The summed E-state index contributed by atoms with van der Waals surface area (Å²) in [6.07, 6.45) is -0.863. The van der Waals surface area contributed by atoms with Crippen molar-refractivity contribution in [3.8, 4) is 11.5 Å². The van der Waals surface area contributed by atoms with Crippen LogP contribution in [0, 0.1) is 5.92 Å². The summed E-state index contributed by atoms with van der Waals surface area (Å²) in [6.45, 7) is 0. The van der Waals surface area contributed by atoms with Crippen LogP contribution in [0.25, 0.3) is 0 Å². The van der Waals surface area contributed by atoms with Crippen LogP contribution in [-0.2, 0) is 4.79 Å². The van der Waals surface area contributed by atoms with Crippen molar-refractivity contribution in [1.29, 1.82) is 0 Å². The van der Waals surface area contributed by atoms with Gasteiger partial charge < -0.3 is 24.8 Å². The summed E-state index contributed by atoms with van der Waals surface area (Å²) >= 11 is 0. The maximum absolute atomic E-state index is 12.0. The minimum Gasteiger partial charge on any atom is -0.497 e. The number of hydrogen-bond donors (Lipinski definition) is 3. The highest BCUT2D eigenvalue weighted by Crippen LogP contribution is 2.53. The lowest BCUT2D eigenvalue weighted by molar-refractivity contribution is -0.190. The van der Waals surface area contributed by atoms with E-state index in [0.717, 1.165) is 0 Å². The van der Waals surface area contributed by atoms with E-state index in [-0.39, 0.29) is 5.78 Å². The number of ether oxygens (including phenoxy) is 2. The molecule has 1 unspecified atom stereocenters. The summed E-state index contributed by atoms with van der Waals surface area (Å²) in [7, 11) is 1.53. The fourth-order valence-corrected chi connectivity index (χ4v) is 3.85. The summed E-state index contributed by atoms with van der Waals surface area (Å²) in [5.41, 5.74) is -0.994. The molecule has 6 atom stereocenters. The third kappa shape index (κ3) is 1.52. The monoisotopic (exact) mass is 304 g/mol. The van der Waals surface area contributed by atoms with Gasteiger partial charge in [-0.15, -0.1) is 0 Å². The molecule has 0 spiro atoms. The molecule has 3 aliphatic rings. The average molecular weight is 304 g/mol. The van der Waals surface area contributed by atoms with Crippen LogP contribution in [-0.4, -0.2) is 52.1 Å². The fraction of sp³-hybridized carbons (Fsp3) is 0.438. The van der Waals surface area contributed by atoms with Crippen LogP contribution < -0.4 is 9.47 Å². The molecule has 1 heterocycles. The van der Waals surface area contributed by atoms with Crippen molar-refractivity contribution < 1.29 is 29.6 Å². The summed E-state index contributed by atoms with van der Waals surface area (Å²) < 4.78 is 11.0. The van der Waals surface area contributed by atoms with E-state index in [2.05, 4.69) is 0 Å². The van der Waals surface area contributed by atoms with Gasteiger partial charge in [0.15, 0.2) is 5.78 Å². The molecule has 0 aromatic heterocycles. The minimum atomic E-state index is -1.70. The Labute approximate surface area is 126 Å². The number of allylic oxidation sites excluding steroid dienone is 1. The zero-order valence-electron chi connectivity index (χ0n) is 11.8. The standard InChI is InChI=1S/C16H16O6/c1-21-7-2-3-8-10(6-7)22-15-11(8)13(18)12-9(17)4-5-16(15,20)14(12)19/h2-6,11-15,18-20H,1H3/t11-,12?,13-,14-,15-,16-/m1/s1. The fourth-order valence-electron chi connectivity index (χ4n) is 3.85. The van der Waals surface area contributed by atoms with Crippen LogP contribution in [0.3, 0.4) is 0 Å². The first kappa shape index (κ1) is 13.8. The third-order valence-corrected chi connectivity index (χ3v) is 5.01. The van der Waals surface area contributed by atoms with Gasteiger partial charge >= 0.3 is 0 Å². The highest BCUT2D eigenvalue weighted by atomic mass is 16.5. The first-order valence-electron chi connectivity index (χ1n) is 7.13. The molecule has 1 aliphatic heterocycles. The molecule has 0 saturated heterocycles. The number of ketones is 1. The third-order valence-electron chi connectivity index (χ3n) is 5.01. The Morgan fingerprint density at radius 1 is 1.27 bits per heavy atom. The van der Waals surface area contributed by atoms with Crippen LogP contribution in [0.1, 0.15) is 11.5 Å². The van der Waals surface area contributed by atoms with Gasteiger partial charge in [0.2, 0.25) is 0 Å². The molecule has 0 radical (unpaired) electrons. The lowest BCUT2D eigenvalue weighted by Gasteiger charge is -2.49. The SMILES string of the molecule is COc1ccc2c(c1)O[C@@H]1[C@H]2[C@@H](O)C2C(=O)C=C[C@@]1(O)[C@@H]2O. The maximum atomic E-state index is 12.0. The quantitative estimate of drug-likeness (QED) is 0.663. The number of hydrogen-bond acceptors (Lipinski definition) is 6. The highest BCUT2D eigenvalue weighted by Gasteiger charge is 2.64. The maximum Gasteiger partial charge on any atom is 0.163 e. The van der Waals surface area contributed by atoms with Crippen LogP contribution in [0.5, 0.6) is 11.5 Å². The molecule has 0 amide bonds. The number of carbonyl (C=O) groups excluding carboxylic acids is 1. The summed E-state index contributed by atoms with van der Waals surface area (Å²) in [5, 5.41) is 31.7. The van der Waals surface area contributed by atoms with Crippen molar-refractivity contribution in [2.24, 2.45) is 5.92 Å². The van der Waals surface area contributed by atoms with Crippen molar-refractivity contribution in [3.63, 3.8) is 0 Å². The van der Waals surface area contributed by atoms with Crippen LogP contribution >= 0.6 is 0 Å². The van der Waals surface area contributed by atoms with E-state index < -0.39 is 35.7 Å². The van der Waals surface area contributed by atoms with Gasteiger partial charge in [0.1, 0.15) is 29.3 Å². The van der Waals surface area contributed by atoms with Gasteiger partial charge in [0, 0.05) is 11.6 Å². The number of aliphatic hydroxyl groups is 3. The molecule has 6 heteroatoms. The molecular formula is C16H16O6. The molecular weight excluding hydrogens is 288 g/mol. The second-order valence-electron chi connectivity index (χ2n) is 6.05. The Balaban J connectivity index is 1.86. The molecule has 22 heavy (non-hydrogen) atoms. The van der Waals surface area contributed by atoms with Crippen molar-refractivity contribution in [2.45, 2.75) is 29.8 Å². The van der Waals surface area contributed by atoms with Crippen molar-refractivity contribution >= 4 is 5.78 Å². The van der Waals surface area contributed by atoms with Gasteiger partial charge in [-0.05, 0) is 18.2 Å². The lowest BCUT2D eigenvalue weighted by atomic mass is 9.61. The molecule has 4 rings (SSSR count). The predicted molar refractivity (Wildman–Crippen MR) is 74.8 cm³/mol. The normalized spacial score (nSPS) is 41.6. The molecule has 6 nitrogen and oxygen atoms in total. The van der Waals surface area contributed by atoms with E-state index in [1.54, 1.807) is 18.2 Å². The number of methoxy groups -OCH3 is 1. The van der Waals surface area contributed by atoms with E-state index in [4.69, 9.17) is 9.47 Å². The first-order chi connectivity index (χ1) is 10.5. The Morgan fingerprint density at radius 2 is 2.05 bits per heavy atom. The Hall–Kier alpha value is -1.89. The van der Waals surface area contributed by atoms with Gasteiger partial charge in [-0.2, -0.15) is 0 Å². The molecule has 3 N–H and O–H groups in total. The molecule has 1 aromatic rings. The zero-order valence-corrected chi connectivity index (χ0v) is 11.8. The molecule has 1 fully saturated rings. The minimum absolute atomic E-state index is 0.384. The largest absolute Gasteiger partial charge is 0.497 e. The van der Waals surface area contributed by atoms with Crippen molar-refractivity contribution in [3.05, 3.63) is 35.9 Å². The number of benzene rings is 1. The molecule has 1 saturated carbocycles. The molecule has 1 aromatic carbocycles. The molecule has 116 valence electrons. The zero-order chi connectivity index (χ0) is 15.6. The van der Waals surface area contributed by atoms with E-state index in [1.165, 1.54) is 19.3 Å². The van der Waals surface area contributed by atoms with Gasteiger partial charge in [-0.25, -0.2) is 0 Å². The Morgan fingerprint density at radius 3 is 2.77 bits per heavy atom. The number of fused-ring (bicyclic) bond motifs is 6. The second-order valence-corrected chi connectivity index (χ2v) is 6.05. The van der Waals surface area contributed by atoms with Crippen molar-refractivity contribution in [1.82, 2.24) is 0 Å². The summed E-state index contributed by atoms with van der Waals surface area (Å²) in [4.78, 5) is 12.0. The van der Waals surface area contributed by atoms with Crippen LogP contribution in [0.4, 0.5) is 0 Å². The Kier molecular flexibility index (Phi) is 2.70. The van der Waals surface area contributed by atoms with E-state index in [0.29, 0.717) is 17.1 Å². The van der Waals surface area contributed by atoms with E-state index in [9.17, 15) is 20.1 Å². The summed E-state index contributed by atoms with van der Waals surface area (Å²) in [5.74, 6) is -0.928. The van der Waals surface area contributed by atoms with Crippen LogP contribution in [0.15, 0.2) is 30.4 Å². The lowest BCUT2D eigenvalue weighted by Crippen LogP contribution is -2.67. The summed E-state index contributed by atoms with van der Waals surface area (Å²) in [6, 6.07) is 5.17. The number of rotatable bonds is 1. The predicted octanol–water partition coefficient (Wildman–Crippen LogP) is -0.239. The Bertz CT molecular complexity index is 683. The number of carbonyl (C=O) groups is 1. The van der Waals surface area contributed by atoms with Gasteiger partial charge in [0.05, 0.1) is 25.0 Å². The topological polar surface area (TPSA) is 96.2 Å². The molecule has 2 bridgehead atoms. The van der Waals surface area contributed by atoms with Crippen molar-refractivity contribution in [2.75, 3.05) is 7.11 Å². The highest BCUT2D eigenvalue weighted by molar-refractivity contribution is 5.94. The smallest absolute Gasteiger partial charge is 0.163 e. The van der Waals surface area contributed by atoms with Gasteiger partial charge in [-0.3, -0.25) is 4.79 Å². The van der Waals surface area contributed by atoms with E-state index in [1.807, 2.05) is 0 Å². The van der Waals surface area contributed by atoms with Gasteiger partial charge in [-0.1, -0.05) is 6.07 Å². The molecule has 2 aliphatic carbocycles. The van der Waals surface area contributed by atoms with Gasteiger partial charge in [0.25, 0.3) is 0 Å². The second kappa shape index (κ2) is 4.32. The number of aliphatic hydroxyl groups excluding tert-OH is 2. The van der Waals surface area contributed by atoms with Crippen LogP contribution in [0.2, 0.25) is 0 Å². The first-order valence-corrected chi connectivity index (χ1v) is 7.13.